The zero-order chi connectivity index (χ0) is 24.1. The molecular formula is C25H28N3O6+. The summed E-state index contributed by atoms with van der Waals surface area (Å²) in [5.41, 5.74) is 0.612. The molecule has 2 aromatic heterocycles. The van der Waals surface area contributed by atoms with Crippen molar-refractivity contribution in [2.75, 3.05) is 20.3 Å². The first-order chi connectivity index (χ1) is 16.5. The molecule has 0 radical (unpaired) electrons. The van der Waals surface area contributed by atoms with Crippen molar-refractivity contribution in [3.8, 4) is 11.5 Å². The van der Waals surface area contributed by atoms with Crippen LogP contribution in [0.15, 0.2) is 71.1 Å². The van der Waals surface area contributed by atoms with Gasteiger partial charge in [-0.2, -0.15) is 0 Å². The van der Waals surface area contributed by atoms with Gasteiger partial charge < -0.3 is 23.9 Å². The van der Waals surface area contributed by atoms with Gasteiger partial charge in [-0.15, -0.1) is 0 Å². The summed E-state index contributed by atoms with van der Waals surface area (Å²) in [6.07, 6.45) is 8.37. The normalized spacial score (nSPS) is 15.8. The number of nitrogens with one attached hydrogen (secondary N) is 1. The van der Waals surface area contributed by atoms with Crippen molar-refractivity contribution in [3.63, 3.8) is 0 Å². The van der Waals surface area contributed by atoms with E-state index in [1.165, 1.54) is 24.3 Å². The molecule has 1 aliphatic heterocycles. The van der Waals surface area contributed by atoms with Gasteiger partial charge in [0.15, 0.2) is 23.0 Å². The van der Waals surface area contributed by atoms with Gasteiger partial charge in [0.1, 0.15) is 12.4 Å². The number of amides is 1. The summed E-state index contributed by atoms with van der Waals surface area (Å²) < 4.78 is 18.5. The number of carbonyl (C=O) groups excluding carboxylic acids is 2. The number of ketones is 1. The van der Waals surface area contributed by atoms with E-state index in [1.807, 2.05) is 30.2 Å². The summed E-state index contributed by atoms with van der Waals surface area (Å²) in [5, 5.41) is 10.8. The van der Waals surface area contributed by atoms with Crippen molar-refractivity contribution < 1.29 is 33.2 Å². The number of imidazole rings is 1. The third kappa shape index (κ3) is 4.54. The topological polar surface area (TPSA) is 109 Å². The van der Waals surface area contributed by atoms with Crippen molar-refractivity contribution in [2.24, 2.45) is 0 Å². The largest absolute Gasteiger partial charge is 0.503 e. The maximum Gasteiger partial charge on any atom is 0.290 e. The molecule has 4 rings (SSSR count). The van der Waals surface area contributed by atoms with Crippen LogP contribution in [0.25, 0.3) is 0 Å². The van der Waals surface area contributed by atoms with Gasteiger partial charge in [0, 0.05) is 13.0 Å². The van der Waals surface area contributed by atoms with E-state index >= 15 is 0 Å². The first-order valence-electron chi connectivity index (χ1n) is 11.2. The molecule has 34 heavy (non-hydrogen) atoms. The van der Waals surface area contributed by atoms with Crippen molar-refractivity contribution in [1.29, 1.82) is 0 Å². The van der Waals surface area contributed by atoms with Crippen LogP contribution in [0.1, 0.15) is 41.9 Å². The van der Waals surface area contributed by atoms with Crippen LogP contribution in [0.3, 0.4) is 0 Å². The molecule has 9 nitrogen and oxygen atoms in total. The first kappa shape index (κ1) is 23.2. The Bertz CT molecular complexity index is 1170. The minimum Gasteiger partial charge on any atom is -0.503 e. The van der Waals surface area contributed by atoms with Crippen LogP contribution in [0.2, 0.25) is 0 Å². The minimum absolute atomic E-state index is 0.0153. The molecule has 0 bridgehead atoms. The highest BCUT2D eigenvalue weighted by atomic mass is 16.5. The summed E-state index contributed by atoms with van der Waals surface area (Å²) in [6.45, 7) is 3.53. The van der Waals surface area contributed by atoms with E-state index in [-0.39, 0.29) is 11.3 Å². The number of aliphatic hydroxyl groups is 1. The fourth-order valence-electron chi connectivity index (χ4n) is 4.07. The molecule has 178 valence electrons. The molecule has 3 aromatic rings. The number of H-pyrrole nitrogens is 1. The van der Waals surface area contributed by atoms with Crippen LogP contribution in [-0.4, -0.2) is 46.9 Å². The molecule has 0 fully saturated rings. The van der Waals surface area contributed by atoms with Crippen molar-refractivity contribution in [1.82, 2.24) is 9.88 Å². The lowest BCUT2D eigenvalue weighted by atomic mass is 9.94. The van der Waals surface area contributed by atoms with E-state index in [2.05, 4.69) is 4.98 Å². The van der Waals surface area contributed by atoms with E-state index < -0.39 is 23.5 Å². The average molecular weight is 467 g/mol. The molecule has 0 spiro atoms. The number of hydrogen-bond acceptors (Lipinski definition) is 6. The highest BCUT2D eigenvalue weighted by Crippen LogP contribution is 2.41. The van der Waals surface area contributed by atoms with Crippen LogP contribution < -0.4 is 14.0 Å². The second kappa shape index (κ2) is 10.3. The minimum atomic E-state index is -0.796. The van der Waals surface area contributed by atoms with Crippen molar-refractivity contribution >= 4 is 11.7 Å². The molecular weight excluding hydrogens is 438 g/mol. The Labute approximate surface area is 197 Å². The molecule has 1 aromatic carbocycles. The van der Waals surface area contributed by atoms with E-state index in [0.717, 1.165) is 6.42 Å². The number of nitrogens with zero attached hydrogens (tertiary/aromatic N) is 2. The highest BCUT2D eigenvalue weighted by Gasteiger charge is 2.44. The molecule has 3 heterocycles. The van der Waals surface area contributed by atoms with Gasteiger partial charge in [0.2, 0.25) is 12.1 Å². The summed E-state index contributed by atoms with van der Waals surface area (Å²) in [4.78, 5) is 30.9. The van der Waals surface area contributed by atoms with Crippen LogP contribution in [-0.2, 0) is 11.3 Å². The number of ether oxygens (including phenoxy) is 2. The summed E-state index contributed by atoms with van der Waals surface area (Å²) in [5.74, 6) is -0.583. The number of carbonyl (C=O) groups is 2. The van der Waals surface area contributed by atoms with Crippen LogP contribution in [0.5, 0.6) is 11.5 Å². The molecule has 2 N–H and O–H groups in total. The predicted molar refractivity (Wildman–Crippen MR) is 122 cm³/mol. The fraction of sp³-hybridized carbons (Fsp3) is 0.320. The third-order valence-corrected chi connectivity index (χ3v) is 5.68. The summed E-state index contributed by atoms with van der Waals surface area (Å²) in [6, 6.07) is 7.59. The maximum absolute atomic E-state index is 13.3. The van der Waals surface area contributed by atoms with E-state index in [1.54, 1.807) is 24.3 Å². The van der Waals surface area contributed by atoms with Gasteiger partial charge in [-0.1, -0.05) is 13.0 Å². The lowest BCUT2D eigenvalue weighted by Gasteiger charge is -2.27. The SMILES string of the molecule is CCCOc1ccc(C2C(C(=O)c3ccco3)=C(O)C(=O)N2CCC[n+]2cc[nH]c2)cc1OC. The smallest absolute Gasteiger partial charge is 0.290 e. The van der Waals surface area contributed by atoms with Crippen molar-refractivity contribution in [2.45, 2.75) is 32.4 Å². The van der Waals surface area contributed by atoms with Gasteiger partial charge in [-0.25, -0.2) is 4.57 Å². The number of benzene rings is 1. The zero-order valence-corrected chi connectivity index (χ0v) is 19.2. The number of aliphatic hydroxyl groups excluding tert-OH is 1. The number of hydrogen-bond donors (Lipinski definition) is 2. The molecule has 1 aliphatic rings. The predicted octanol–water partition coefficient (Wildman–Crippen LogP) is 3.36. The van der Waals surface area contributed by atoms with Gasteiger partial charge in [-0.05, 0) is 36.2 Å². The van der Waals surface area contributed by atoms with E-state index in [4.69, 9.17) is 13.9 Å². The Morgan fingerprint density at radius 2 is 2.15 bits per heavy atom. The van der Waals surface area contributed by atoms with Gasteiger partial charge >= 0.3 is 0 Å². The Hall–Kier alpha value is -4.01. The molecule has 1 amide bonds. The number of aromatic nitrogens is 2. The molecule has 1 atom stereocenters. The highest BCUT2D eigenvalue weighted by molar-refractivity contribution is 6.15. The Balaban J connectivity index is 1.69. The van der Waals surface area contributed by atoms with E-state index in [0.29, 0.717) is 43.2 Å². The lowest BCUT2D eigenvalue weighted by Crippen LogP contribution is -2.36. The number of aryl methyl sites for hydroxylation is 1. The fourth-order valence-corrected chi connectivity index (χ4v) is 4.07. The number of methoxy groups -OCH3 is 1. The Morgan fingerprint density at radius 3 is 2.82 bits per heavy atom. The molecule has 0 aliphatic carbocycles. The third-order valence-electron chi connectivity index (χ3n) is 5.68. The average Bonchev–Trinajstić information content (AvgIpc) is 3.61. The second-order valence-electron chi connectivity index (χ2n) is 7.93. The molecule has 0 saturated heterocycles. The molecule has 9 heteroatoms. The maximum atomic E-state index is 13.3. The van der Waals surface area contributed by atoms with Gasteiger partial charge in [-0.3, -0.25) is 14.6 Å². The monoisotopic (exact) mass is 466 g/mol. The van der Waals surface area contributed by atoms with Gasteiger partial charge in [0.25, 0.3) is 5.91 Å². The van der Waals surface area contributed by atoms with Gasteiger partial charge in [0.05, 0.1) is 38.1 Å². The summed E-state index contributed by atoms with van der Waals surface area (Å²) in [7, 11) is 1.53. The molecule has 1 unspecified atom stereocenters. The number of rotatable bonds is 11. The Kier molecular flexibility index (Phi) is 7.01. The van der Waals surface area contributed by atoms with Crippen LogP contribution >= 0.6 is 0 Å². The summed E-state index contributed by atoms with van der Waals surface area (Å²) >= 11 is 0. The Morgan fingerprint density at radius 1 is 1.29 bits per heavy atom. The lowest BCUT2D eigenvalue weighted by molar-refractivity contribution is -0.695. The standard InChI is InChI=1S/C25H27N3O6/c1-3-13-33-18-8-7-17(15-20(18)32-2)22-21(23(29)19-6-4-14-34-19)24(30)25(31)28(22)11-5-10-27-12-9-26-16-27/h4,6-9,12,14-16,22H,3,5,10-11,13H2,1-2H3,(H,29,30)/p+1. The zero-order valence-electron chi connectivity index (χ0n) is 19.2. The second-order valence-corrected chi connectivity index (χ2v) is 7.93. The quantitative estimate of drug-likeness (QED) is 0.331. The van der Waals surface area contributed by atoms with Crippen LogP contribution in [0, 0.1) is 0 Å². The van der Waals surface area contributed by atoms with Crippen molar-refractivity contribution in [3.05, 3.63) is 78.0 Å². The first-order valence-corrected chi connectivity index (χ1v) is 11.2. The van der Waals surface area contributed by atoms with Crippen LogP contribution in [0.4, 0.5) is 0 Å². The number of Topliss-reactive ketones (excluding diaryl/α,β-unsaturated/α-hetero) is 1. The number of furan rings is 1. The number of aromatic amines is 1. The van der Waals surface area contributed by atoms with E-state index in [9.17, 15) is 14.7 Å². The molecule has 0 saturated carbocycles.